The summed E-state index contributed by atoms with van der Waals surface area (Å²) >= 11 is 2.81. The Balaban J connectivity index is 2.29. The molecule has 0 fully saturated rings. The van der Waals surface area contributed by atoms with Crippen molar-refractivity contribution in [3.8, 4) is 5.75 Å². The predicted octanol–water partition coefficient (Wildman–Crippen LogP) is 4.91. The summed E-state index contributed by atoms with van der Waals surface area (Å²) in [5.41, 5.74) is -0.305. The fourth-order valence-electron chi connectivity index (χ4n) is 1.73. The van der Waals surface area contributed by atoms with Crippen molar-refractivity contribution in [3.05, 3.63) is 63.9 Å². The number of carbonyl (C=O) groups excluding carboxylic acids is 1. The summed E-state index contributed by atoms with van der Waals surface area (Å²) in [6.07, 6.45) is -5.17. The topological polar surface area (TPSA) is 26.3 Å². The Morgan fingerprint density at radius 1 is 1.09 bits per heavy atom. The third-order valence-corrected chi connectivity index (χ3v) is 3.56. The van der Waals surface area contributed by atoms with E-state index in [4.69, 9.17) is 4.74 Å². The van der Waals surface area contributed by atoms with Crippen LogP contribution < -0.4 is 4.74 Å². The summed E-state index contributed by atoms with van der Waals surface area (Å²) in [7, 11) is 0. The molecule has 0 radical (unpaired) electrons. The highest BCUT2D eigenvalue weighted by Crippen LogP contribution is 2.35. The highest BCUT2D eigenvalue weighted by Gasteiger charge is 2.42. The standard InChI is InChI=1S/C15H9BrF4O2/c16-13-11(22-8-9-4-2-1-3-5-9)7-6-10(17)12(13)14(21)15(18,19)20/h1-7H,8H2. The van der Waals surface area contributed by atoms with Crippen molar-refractivity contribution in [2.45, 2.75) is 12.8 Å². The molecule has 7 heteroatoms. The van der Waals surface area contributed by atoms with Crippen LogP contribution in [0.5, 0.6) is 5.75 Å². The molecule has 2 nitrogen and oxygen atoms in total. The third-order valence-electron chi connectivity index (χ3n) is 2.78. The molecular formula is C15H9BrF4O2. The molecule has 22 heavy (non-hydrogen) atoms. The molecule has 0 aliphatic rings. The second-order valence-corrected chi connectivity index (χ2v) is 5.13. The SMILES string of the molecule is O=C(c1c(F)ccc(OCc2ccccc2)c1Br)C(F)(F)F. The quantitative estimate of drug-likeness (QED) is 0.559. The van der Waals surface area contributed by atoms with E-state index in [1.54, 1.807) is 30.3 Å². The molecular weight excluding hydrogens is 368 g/mol. The maximum atomic E-state index is 13.6. The van der Waals surface area contributed by atoms with Gasteiger partial charge in [0.25, 0.3) is 5.78 Å². The van der Waals surface area contributed by atoms with Gasteiger partial charge < -0.3 is 4.74 Å². The summed E-state index contributed by atoms with van der Waals surface area (Å²) in [6.45, 7) is 0.0741. The van der Waals surface area contributed by atoms with E-state index in [9.17, 15) is 22.4 Å². The molecule has 0 aliphatic carbocycles. The third kappa shape index (κ3) is 3.65. The van der Waals surface area contributed by atoms with E-state index in [0.717, 1.165) is 17.7 Å². The van der Waals surface area contributed by atoms with Gasteiger partial charge in [0.05, 0.1) is 10.0 Å². The number of ketones is 1. The average Bonchev–Trinajstić information content (AvgIpc) is 2.46. The second kappa shape index (κ2) is 6.48. The van der Waals surface area contributed by atoms with E-state index < -0.39 is 23.3 Å². The predicted molar refractivity (Wildman–Crippen MR) is 75.3 cm³/mol. The molecule has 0 atom stereocenters. The molecule has 0 unspecified atom stereocenters. The van der Waals surface area contributed by atoms with Crippen LogP contribution in [0.3, 0.4) is 0 Å². The summed E-state index contributed by atoms with van der Waals surface area (Å²) in [5.74, 6) is -3.57. The van der Waals surface area contributed by atoms with Gasteiger partial charge in [0.15, 0.2) is 0 Å². The summed E-state index contributed by atoms with van der Waals surface area (Å²) in [6, 6.07) is 10.8. The van der Waals surface area contributed by atoms with Crippen molar-refractivity contribution in [1.82, 2.24) is 0 Å². The zero-order valence-electron chi connectivity index (χ0n) is 11.0. The van der Waals surface area contributed by atoms with E-state index in [0.29, 0.717) is 0 Å². The lowest BCUT2D eigenvalue weighted by molar-refractivity contribution is -0.0888. The van der Waals surface area contributed by atoms with Crippen molar-refractivity contribution in [1.29, 1.82) is 0 Å². The highest BCUT2D eigenvalue weighted by atomic mass is 79.9. The van der Waals surface area contributed by atoms with Gasteiger partial charge in [-0.25, -0.2) is 4.39 Å². The van der Waals surface area contributed by atoms with Crippen LogP contribution >= 0.6 is 15.9 Å². The van der Waals surface area contributed by atoms with Gasteiger partial charge >= 0.3 is 6.18 Å². The van der Waals surface area contributed by atoms with Gasteiger partial charge in [0.1, 0.15) is 18.2 Å². The van der Waals surface area contributed by atoms with Crippen molar-refractivity contribution in [2.24, 2.45) is 0 Å². The Labute approximate surface area is 131 Å². The first-order valence-corrected chi connectivity index (χ1v) is 6.86. The summed E-state index contributed by atoms with van der Waals surface area (Å²) in [5, 5.41) is 0. The van der Waals surface area contributed by atoms with Crippen LogP contribution in [-0.4, -0.2) is 12.0 Å². The maximum absolute atomic E-state index is 13.6. The normalized spacial score (nSPS) is 11.3. The fourth-order valence-corrected chi connectivity index (χ4v) is 2.35. The lowest BCUT2D eigenvalue weighted by Crippen LogP contribution is -2.24. The molecule has 0 aliphatic heterocycles. The molecule has 0 amide bonds. The van der Waals surface area contributed by atoms with Gasteiger partial charge in [0, 0.05) is 0 Å². The maximum Gasteiger partial charge on any atom is 0.455 e. The molecule has 0 aromatic heterocycles. The number of hydrogen-bond acceptors (Lipinski definition) is 2. The van der Waals surface area contributed by atoms with Crippen molar-refractivity contribution >= 4 is 21.7 Å². The van der Waals surface area contributed by atoms with E-state index >= 15 is 0 Å². The molecule has 0 bridgehead atoms. The van der Waals surface area contributed by atoms with Gasteiger partial charge in [-0.05, 0) is 33.6 Å². The molecule has 0 heterocycles. The first kappa shape index (κ1) is 16.5. The number of halogens is 5. The summed E-state index contributed by atoms with van der Waals surface area (Å²) in [4.78, 5) is 11.3. The lowest BCUT2D eigenvalue weighted by Gasteiger charge is -2.13. The first-order valence-electron chi connectivity index (χ1n) is 6.07. The molecule has 0 N–H and O–H groups in total. The number of hydrogen-bond donors (Lipinski definition) is 0. The van der Waals surface area contributed by atoms with E-state index in [1.807, 2.05) is 0 Å². The molecule has 116 valence electrons. The Hall–Kier alpha value is -1.89. The van der Waals surface area contributed by atoms with Crippen LogP contribution in [0.2, 0.25) is 0 Å². The smallest absolute Gasteiger partial charge is 0.455 e. The number of rotatable bonds is 4. The van der Waals surface area contributed by atoms with Crippen LogP contribution in [0, 0.1) is 5.82 Å². The number of Topliss-reactive ketones (excluding diaryl/α,β-unsaturated/α-hetero) is 1. The van der Waals surface area contributed by atoms with E-state index in [-0.39, 0.29) is 16.8 Å². The van der Waals surface area contributed by atoms with Gasteiger partial charge in [-0.2, -0.15) is 13.2 Å². The van der Waals surface area contributed by atoms with Crippen LogP contribution in [0.4, 0.5) is 17.6 Å². The van der Waals surface area contributed by atoms with Crippen LogP contribution in [0.25, 0.3) is 0 Å². The average molecular weight is 377 g/mol. The minimum absolute atomic E-state index is 0.0437. The summed E-state index contributed by atoms with van der Waals surface area (Å²) < 4.78 is 56.1. The van der Waals surface area contributed by atoms with Gasteiger partial charge in [-0.3, -0.25) is 4.79 Å². The molecule has 2 rings (SSSR count). The number of alkyl halides is 3. The van der Waals surface area contributed by atoms with Gasteiger partial charge in [0.2, 0.25) is 0 Å². The molecule has 0 saturated carbocycles. The first-order chi connectivity index (χ1) is 10.3. The van der Waals surface area contributed by atoms with Crippen LogP contribution in [-0.2, 0) is 6.61 Å². The van der Waals surface area contributed by atoms with Crippen LogP contribution in [0.15, 0.2) is 46.9 Å². The zero-order chi connectivity index (χ0) is 16.3. The monoisotopic (exact) mass is 376 g/mol. The minimum atomic E-state index is -5.17. The van der Waals surface area contributed by atoms with Crippen LogP contribution in [0.1, 0.15) is 15.9 Å². The lowest BCUT2D eigenvalue weighted by atomic mass is 10.1. The number of ether oxygens (including phenoxy) is 1. The Morgan fingerprint density at radius 3 is 2.32 bits per heavy atom. The van der Waals surface area contributed by atoms with Crippen molar-refractivity contribution < 1.29 is 27.1 Å². The molecule has 0 spiro atoms. The largest absolute Gasteiger partial charge is 0.488 e. The van der Waals surface area contributed by atoms with E-state index in [2.05, 4.69) is 15.9 Å². The zero-order valence-corrected chi connectivity index (χ0v) is 12.5. The molecule has 0 saturated heterocycles. The number of carbonyl (C=O) groups is 1. The Bertz CT molecular complexity index is 684. The van der Waals surface area contributed by atoms with Crippen molar-refractivity contribution in [2.75, 3.05) is 0 Å². The number of benzene rings is 2. The fraction of sp³-hybridized carbons (Fsp3) is 0.133. The second-order valence-electron chi connectivity index (χ2n) is 4.34. The van der Waals surface area contributed by atoms with E-state index in [1.165, 1.54) is 0 Å². The van der Waals surface area contributed by atoms with Gasteiger partial charge in [-0.1, -0.05) is 30.3 Å². The van der Waals surface area contributed by atoms with Crippen molar-refractivity contribution in [3.63, 3.8) is 0 Å². The Kier molecular flexibility index (Phi) is 4.85. The minimum Gasteiger partial charge on any atom is -0.488 e. The molecule has 2 aromatic carbocycles. The Morgan fingerprint density at radius 2 is 1.73 bits per heavy atom. The van der Waals surface area contributed by atoms with Gasteiger partial charge in [-0.15, -0.1) is 0 Å². The molecule has 2 aromatic rings. The highest BCUT2D eigenvalue weighted by molar-refractivity contribution is 9.10.